The van der Waals surface area contributed by atoms with E-state index >= 15 is 0 Å². The van der Waals surface area contributed by atoms with Gasteiger partial charge in [0.2, 0.25) is 10.0 Å². The number of aromatic nitrogens is 4. The number of nitrogens with one attached hydrogen (secondary N) is 1. The lowest BCUT2D eigenvalue weighted by Crippen LogP contribution is -2.44. The van der Waals surface area contributed by atoms with Crippen molar-refractivity contribution < 1.29 is 8.42 Å². The Morgan fingerprint density at radius 2 is 1.78 bits per heavy atom. The quantitative estimate of drug-likeness (QED) is 0.378. The van der Waals surface area contributed by atoms with Gasteiger partial charge < -0.3 is 15.1 Å². The summed E-state index contributed by atoms with van der Waals surface area (Å²) >= 11 is 0. The van der Waals surface area contributed by atoms with Gasteiger partial charge in [0, 0.05) is 69.8 Å². The Hall–Kier alpha value is -3.70. The van der Waals surface area contributed by atoms with E-state index in [9.17, 15) is 8.42 Å². The summed E-state index contributed by atoms with van der Waals surface area (Å²) in [5, 5.41) is 8.05. The SMILES string of the molecule is CN1CCN(c2ccc(Cc3nc4c(NCc5cccnc5N(C)S(C)(=O)=O)cccn4n3)cc2)CC1. The van der Waals surface area contributed by atoms with Gasteiger partial charge in [-0.1, -0.05) is 18.2 Å². The number of likely N-dealkylation sites (N-methyl/N-ethyl adjacent to an activating group) is 1. The lowest BCUT2D eigenvalue weighted by atomic mass is 10.1. The molecule has 11 heteroatoms. The highest BCUT2D eigenvalue weighted by molar-refractivity contribution is 7.92. The molecule has 0 unspecified atom stereocenters. The van der Waals surface area contributed by atoms with E-state index in [4.69, 9.17) is 4.98 Å². The van der Waals surface area contributed by atoms with Crippen LogP contribution in [0, 0.1) is 0 Å². The van der Waals surface area contributed by atoms with Gasteiger partial charge in [-0.05, 0) is 42.9 Å². The molecule has 3 aromatic heterocycles. The van der Waals surface area contributed by atoms with Crippen molar-refractivity contribution >= 4 is 32.9 Å². The fourth-order valence-corrected chi connectivity index (χ4v) is 4.91. The Morgan fingerprint density at radius 1 is 1.03 bits per heavy atom. The maximum absolute atomic E-state index is 12.0. The van der Waals surface area contributed by atoms with Crippen molar-refractivity contribution in [2.45, 2.75) is 13.0 Å². The standard InChI is InChI=1S/C26H32N8O2S/c1-31-14-16-33(17-15-31)22-10-8-20(9-11-22)18-24-29-26-23(7-5-13-34(26)30-24)28-19-21-6-4-12-27-25(21)32(2)37(3,35)36/h4-13,28H,14-19H2,1-3H3. The maximum atomic E-state index is 12.0. The fourth-order valence-electron chi connectivity index (χ4n) is 4.43. The Kier molecular flexibility index (Phi) is 6.98. The van der Waals surface area contributed by atoms with Crippen LogP contribution in [0.2, 0.25) is 0 Å². The average Bonchev–Trinajstić information content (AvgIpc) is 3.31. The van der Waals surface area contributed by atoms with Crippen LogP contribution in [-0.4, -0.2) is 79.4 Å². The van der Waals surface area contributed by atoms with Gasteiger partial charge in [0.05, 0.1) is 11.9 Å². The van der Waals surface area contributed by atoms with Gasteiger partial charge >= 0.3 is 0 Å². The van der Waals surface area contributed by atoms with E-state index in [1.54, 1.807) is 16.8 Å². The summed E-state index contributed by atoms with van der Waals surface area (Å²) in [7, 11) is 0.246. The van der Waals surface area contributed by atoms with Crippen LogP contribution in [0.1, 0.15) is 17.0 Å². The number of benzene rings is 1. The van der Waals surface area contributed by atoms with Crippen LogP contribution < -0.4 is 14.5 Å². The first-order valence-corrected chi connectivity index (χ1v) is 14.1. The number of rotatable bonds is 8. The molecular weight excluding hydrogens is 488 g/mol. The zero-order valence-electron chi connectivity index (χ0n) is 21.4. The minimum atomic E-state index is -3.42. The lowest BCUT2D eigenvalue weighted by Gasteiger charge is -2.34. The number of hydrogen-bond donors (Lipinski definition) is 1. The van der Waals surface area contributed by atoms with Crippen molar-refractivity contribution in [1.29, 1.82) is 0 Å². The second-order valence-electron chi connectivity index (χ2n) is 9.42. The summed E-state index contributed by atoms with van der Waals surface area (Å²) in [5.41, 5.74) is 4.70. The predicted octanol–water partition coefficient (Wildman–Crippen LogP) is 2.47. The van der Waals surface area contributed by atoms with Gasteiger partial charge in [0.25, 0.3) is 0 Å². The molecule has 10 nitrogen and oxygen atoms in total. The van der Waals surface area contributed by atoms with Crippen LogP contribution in [0.25, 0.3) is 5.65 Å². The smallest absolute Gasteiger partial charge is 0.233 e. The van der Waals surface area contributed by atoms with Crippen molar-refractivity contribution in [3.05, 3.63) is 77.9 Å². The third-order valence-corrected chi connectivity index (χ3v) is 7.87. The zero-order valence-corrected chi connectivity index (χ0v) is 22.2. The fraction of sp³-hybridized carbons (Fsp3) is 0.346. The highest BCUT2D eigenvalue weighted by atomic mass is 32.2. The Labute approximate surface area is 217 Å². The molecule has 0 radical (unpaired) electrons. The van der Waals surface area contributed by atoms with E-state index in [-0.39, 0.29) is 0 Å². The molecular formula is C26H32N8O2S. The topological polar surface area (TPSA) is 99.0 Å². The summed E-state index contributed by atoms with van der Waals surface area (Å²) in [6.45, 7) is 4.65. The molecule has 0 atom stereocenters. The molecule has 1 fully saturated rings. The van der Waals surface area contributed by atoms with Crippen LogP contribution in [0.5, 0.6) is 0 Å². The summed E-state index contributed by atoms with van der Waals surface area (Å²) in [6.07, 6.45) is 5.26. The minimum Gasteiger partial charge on any atom is -0.378 e. The number of pyridine rings is 2. The molecule has 0 bridgehead atoms. The number of piperazine rings is 1. The molecule has 1 N–H and O–H groups in total. The van der Waals surface area contributed by atoms with Crippen molar-refractivity contribution in [2.24, 2.45) is 0 Å². The molecule has 0 amide bonds. The first-order valence-electron chi connectivity index (χ1n) is 12.3. The monoisotopic (exact) mass is 520 g/mol. The van der Waals surface area contributed by atoms with Gasteiger partial charge in [0.1, 0.15) is 5.82 Å². The molecule has 4 aromatic rings. The maximum Gasteiger partial charge on any atom is 0.233 e. The molecule has 4 heterocycles. The molecule has 1 aliphatic rings. The van der Waals surface area contributed by atoms with Gasteiger partial charge in [-0.3, -0.25) is 4.31 Å². The first-order chi connectivity index (χ1) is 17.8. The summed E-state index contributed by atoms with van der Waals surface area (Å²) in [4.78, 5) is 13.8. The summed E-state index contributed by atoms with van der Waals surface area (Å²) in [5.74, 6) is 1.13. The predicted molar refractivity (Wildman–Crippen MR) is 147 cm³/mol. The molecule has 194 valence electrons. The van der Waals surface area contributed by atoms with Crippen molar-refractivity contribution in [2.75, 3.05) is 61.1 Å². The number of anilines is 3. The first kappa shape index (κ1) is 25.0. The van der Waals surface area contributed by atoms with Crippen LogP contribution in [0.15, 0.2) is 60.9 Å². The molecule has 0 spiro atoms. The van der Waals surface area contributed by atoms with E-state index in [1.165, 1.54) is 17.0 Å². The van der Waals surface area contributed by atoms with Crippen LogP contribution in [0.3, 0.4) is 0 Å². The minimum absolute atomic E-state index is 0.388. The number of sulfonamides is 1. The molecule has 0 aliphatic carbocycles. The van der Waals surface area contributed by atoms with E-state index in [1.807, 2.05) is 24.4 Å². The molecule has 1 aromatic carbocycles. The largest absolute Gasteiger partial charge is 0.378 e. The average molecular weight is 521 g/mol. The Balaban J connectivity index is 1.30. The van der Waals surface area contributed by atoms with E-state index in [0.717, 1.165) is 55.1 Å². The van der Waals surface area contributed by atoms with Crippen molar-refractivity contribution in [3.8, 4) is 0 Å². The highest BCUT2D eigenvalue weighted by Gasteiger charge is 2.18. The van der Waals surface area contributed by atoms with Gasteiger partial charge in [-0.15, -0.1) is 0 Å². The van der Waals surface area contributed by atoms with Crippen molar-refractivity contribution in [1.82, 2.24) is 24.5 Å². The third-order valence-electron chi connectivity index (χ3n) is 6.71. The summed E-state index contributed by atoms with van der Waals surface area (Å²) < 4.78 is 27.0. The van der Waals surface area contributed by atoms with Gasteiger partial charge in [0.15, 0.2) is 11.5 Å². The lowest BCUT2D eigenvalue weighted by molar-refractivity contribution is 0.313. The van der Waals surface area contributed by atoms with Gasteiger partial charge in [-0.2, -0.15) is 5.10 Å². The number of nitrogens with zero attached hydrogens (tertiary/aromatic N) is 7. The molecule has 5 rings (SSSR count). The number of fused-ring (bicyclic) bond motifs is 1. The van der Waals surface area contributed by atoms with Gasteiger partial charge in [-0.25, -0.2) is 22.9 Å². The molecule has 37 heavy (non-hydrogen) atoms. The molecule has 0 saturated carbocycles. The highest BCUT2D eigenvalue weighted by Crippen LogP contribution is 2.23. The van der Waals surface area contributed by atoms with Crippen LogP contribution >= 0.6 is 0 Å². The van der Waals surface area contributed by atoms with E-state index in [2.05, 4.69) is 56.5 Å². The van der Waals surface area contributed by atoms with Crippen molar-refractivity contribution in [3.63, 3.8) is 0 Å². The van der Waals surface area contributed by atoms with Crippen LogP contribution in [0.4, 0.5) is 17.2 Å². The normalized spacial score (nSPS) is 14.7. The Morgan fingerprint density at radius 3 is 2.51 bits per heavy atom. The zero-order chi connectivity index (χ0) is 26.0. The number of hydrogen-bond acceptors (Lipinski definition) is 8. The third kappa shape index (κ3) is 5.67. The molecule has 1 aliphatic heterocycles. The second-order valence-corrected chi connectivity index (χ2v) is 11.4. The molecule has 1 saturated heterocycles. The van der Waals surface area contributed by atoms with Crippen LogP contribution in [-0.2, 0) is 23.0 Å². The summed E-state index contributed by atoms with van der Waals surface area (Å²) in [6, 6.07) is 16.2. The van der Waals surface area contributed by atoms with E-state index < -0.39 is 10.0 Å². The second kappa shape index (κ2) is 10.3. The van der Waals surface area contributed by atoms with E-state index in [0.29, 0.717) is 24.4 Å². The Bertz CT molecular complexity index is 1480.